The highest BCUT2D eigenvalue weighted by Gasteiger charge is 2.05. The van der Waals surface area contributed by atoms with Crippen molar-refractivity contribution < 1.29 is 4.79 Å². The minimum atomic E-state index is -0.619. The molecule has 0 radical (unpaired) electrons. The molecule has 86 valence electrons. The zero-order valence-corrected chi connectivity index (χ0v) is 9.25. The van der Waals surface area contributed by atoms with Crippen LogP contribution < -0.4 is 11.3 Å². The Morgan fingerprint density at radius 1 is 1.35 bits per heavy atom. The van der Waals surface area contributed by atoms with Gasteiger partial charge < -0.3 is 5.73 Å². The Balaban J connectivity index is 2.50. The molecule has 2 N–H and O–H groups in total. The van der Waals surface area contributed by atoms with E-state index in [1.165, 1.54) is 22.9 Å². The third-order valence-electron chi connectivity index (χ3n) is 2.35. The Labute approximate surface area is 97.5 Å². The number of hydrogen-bond donors (Lipinski definition) is 1. The SMILES string of the molecule is Cc1ccc(-n2ccc(C(N)=O)cc2=O)nc1. The van der Waals surface area contributed by atoms with E-state index in [9.17, 15) is 9.59 Å². The van der Waals surface area contributed by atoms with Crippen molar-refractivity contribution >= 4 is 5.91 Å². The van der Waals surface area contributed by atoms with Crippen molar-refractivity contribution in [3.63, 3.8) is 0 Å². The largest absolute Gasteiger partial charge is 0.366 e. The molecule has 0 bridgehead atoms. The van der Waals surface area contributed by atoms with Gasteiger partial charge in [0.05, 0.1) is 0 Å². The monoisotopic (exact) mass is 229 g/mol. The first-order valence-electron chi connectivity index (χ1n) is 5.03. The van der Waals surface area contributed by atoms with Crippen molar-refractivity contribution in [2.45, 2.75) is 6.92 Å². The standard InChI is InChI=1S/C12H11N3O2/c1-8-2-3-10(14-7-8)15-5-4-9(12(13)17)6-11(15)16/h2-7H,1H3,(H2,13,17). The number of hydrogen-bond acceptors (Lipinski definition) is 3. The molecule has 1 amide bonds. The van der Waals surface area contributed by atoms with Crippen LogP contribution in [0.2, 0.25) is 0 Å². The summed E-state index contributed by atoms with van der Waals surface area (Å²) in [5.74, 6) is -0.109. The topological polar surface area (TPSA) is 78.0 Å². The Hall–Kier alpha value is -2.43. The summed E-state index contributed by atoms with van der Waals surface area (Å²) in [6, 6.07) is 6.28. The van der Waals surface area contributed by atoms with Gasteiger partial charge in [-0.1, -0.05) is 6.07 Å². The van der Waals surface area contributed by atoms with Crippen molar-refractivity contribution in [2.24, 2.45) is 5.73 Å². The quantitative estimate of drug-likeness (QED) is 0.820. The first-order chi connectivity index (χ1) is 8.08. The van der Waals surface area contributed by atoms with Gasteiger partial charge in [0, 0.05) is 24.0 Å². The lowest BCUT2D eigenvalue weighted by molar-refractivity contribution is 0.1000. The maximum absolute atomic E-state index is 11.7. The zero-order valence-electron chi connectivity index (χ0n) is 9.25. The summed E-state index contributed by atoms with van der Waals surface area (Å²) in [7, 11) is 0. The number of aromatic nitrogens is 2. The first-order valence-corrected chi connectivity index (χ1v) is 5.03. The number of aryl methyl sites for hydroxylation is 1. The molecule has 0 aliphatic carbocycles. The summed E-state index contributed by atoms with van der Waals surface area (Å²) in [5, 5.41) is 0. The number of carbonyl (C=O) groups excluding carboxylic acids is 1. The minimum absolute atomic E-state index is 0.193. The van der Waals surface area contributed by atoms with Gasteiger partial charge in [0.25, 0.3) is 5.56 Å². The maximum Gasteiger partial charge on any atom is 0.257 e. The second-order valence-corrected chi connectivity index (χ2v) is 3.68. The lowest BCUT2D eigenvalue weighted by Gasteiger charge is -2.05. The number of nitrogens with zero attached hydrogens (tertiary/aromatic N) is 2. The molecule has 0 spiro atoms. The molecule has 0 aromatic carbocycles. The summed E-state index contributed by atoms with van der Waals surface area (Å²) < 4.78 is 1.35. The molecule has 2 aromatic heterocycles. The van der Waals surface area contributed by atoms with Crippen LogP contribution in [0.3, 0.4) is 0 Å². The van der Waals surface area contributed by atoms with Crippen LogP contribution in [0.4, 0.5) is 0 Å². The average molecular weight is 229 g/mol. The Morgan fingerprint density at radius 2 is 2.12 bits per heavy atom. The van der Waals surface area contributed by atoms with Crippen LogP contribution in [0, 0.1) is 6.92 Å². The second kappa shape index (κ2) is 4.21. The third-order valence-corrected chi connectivity index (χ3v) is 2.35. The van der Waals surface area contributed by atoms with E-state index in [0.717, 1.165) is 5.56 Å². The van der Waals surface area contributed by atoms with Crippen LogP contribution in [0.25, 0.3) is 5.82 Å². The van der Waals surface area contributed by atoms with E-state index < -0.39 is 5.91 Å². The Morgan fingerprint density at radius 3 is 2.65 bits per heavy atom. The molecule has 0 saturated heterocycles. The third kappa shape index (κ3) is 2.23. The number of amides is 1. The highest BCUT2D eigenvalue weighted by molar-refractivity contribution is 5.92. The molecule has 0 fully saturated rings. The summed E-state index contributed by atoms with van der Waals surface area (Å²) in [6.45, 7) is 1.91. The van der Waals surface area contributed by atoms with E-state index in [2.05, 4.69) is 4.98 Å². The molecular weight excluding hydrogens is 218 g/mol. The molecule has 0 atom stereocenters. The normalized spacial score (nSPS) is 10.2. The Kier molecular flexibility index (Phi) is 2.74. The molecule has 2 heterocycles. The highest BCUT2D eigenvalue weighted by atomic mass is 16.1. The lowest BCUT2D eigenvalue weighted by Crippen LogP contribution is -2.21. The lowest BCUT2D eigenvalue weighted by atomic mass is 10.2. The Bertz CT molecular complexity index is 614. The molecule has 0 aliphatic rings. The highest BCUT2D eigenvalue weighted by Crippen LogP contribution is 2.03. The van der Waals surface area contributed by atoms with E-state index in [-0.39, 0.29) is 11.1 Å². The van der Waals surface area contributed by atoms with Crippen LogP contribution in [0.5, 0.6) is 0 Å². The van der Waals surface area contributed by atoms with Gasteiger partial charge in [-0.3, -0.25) is 14.2 Å². The molecule has 0 saturated carbocycles. The fourth-order valence-electron chi connectivity index (χ4n) is 1.42. The fraction of sp³-hybridized carbons (Fsp3) is 0.0833. The van der Waals surface area contributed by atoms with Gasteiger partial charge in [0.2, 0.25) is 5.91 Å². The van der Waals surface area contributed by atoms with Gasteiger partial charge in [-0.2, -0.15) is 0 Å². The summed E-state index contributed by atoms with van der Waals surface area (Å²) in [5.41, 5.74) is 5.96. The molecule has 17 heavy (non-hydrogen) atoms. The molecule has 2 rings (SSSR count). The smallest absolute Gasteiger partial charge is 0.257 e. The molecule has 5 nitrogen and oxygen atoms in total. The predicted octanol–water partition coefficient (Wildman–Crippen LogP) is 0.640. The number of pyridine rings is 2. The van der Waals surface area contributed by atoms with Gasteiger partial charge in [0.1, 0.15) is 5.82 Å². The molecular formula is C12H11N3O2. The summed E-state index contributed by atoms with van der Waals surface area (Å²) in [6.07, 6.45) is 3.16. The molecule has 0 aliphatic heterocycles. The van der Waals surface area contributed by atoms with Crippen molar-refractivity contribution in [1.82, 2.24) is 9.55 Å². The second-order valence-electron chi connectivity index (χ2n) is 3.68. The van der Waals surface area contributed by atoms with E-state index in [1.807, 2.05) is 13.0 Å². The van der Waals surface area contributed by atoms with Crippen LogP contribution in [0.15, 0.2) is 41.5 Å². The first kappa shape index (κ1) is 11.1. The average Bonchev–Trinajstić information content (AvgIpc) is 2.30. The van der Waals surface area contributed by atoms with Crippen LogP contribution in [0.1, 0.15) is 15.9 Å². The molecule has 2 aromatic rings. The van der Waals surface area contributed by atoms with E-state index in [1.54, 1.807) is 12.3 Å². The van der Waals surface area contributed by atoms with Gasteiger partial charge in [-0.25, -0.2) is 4.98 Å². The van der Waals surface area contributed by atoms with Crippen LogP contribution in [-0.4, -0.2) is 15.5 Å². The van der Waals surface area contributed by atoms with Crippen molar-refractivity contribution in [1.29, 1.82) is 0 Å². The summed E-state index contributed by atoms with van der Waals surface area (Å²) in [4.78, 5) is 26.8. The van der Waals surface area contributed by atoms with E-state index in [4.69, 9.17) is 5.73 Å². The van der Waals surface area contributed by atoms with Gasteiger partial charge in [-0.05, 0) is 24.6 Å². The number of rotatable bonds is 2. The number of primary amides is 1. The predicted molar refractivity (Wildman–Crippen MR) is 63.1 cm³/mol. The van der Waals surface area contributed by atoms with Crippen molar-refractivity contribution in [2.75, 3.05) is 0 Å². The van der Waals surface area contributed by atoms with Crippen molar-refractivity contribution in [3.05, 3.63) is 58.1 Å². The summed E-state index contributed by atoms with van der Waals surface area (Å²) >= 11 is 0. The molecule has 0 unspecified atom stereocenters. The van der Waals surface area contributed by atoms with Crippen molar-refractivity contribution in [3.8, 4) is 5.82 Å². The van der Waals surface area contributed by atoms with Gasteiger partial charge in [0.15, 0.2) is 0 Å². The van der Waals surface area contributed by atoms with Crippen LogP contribution >= 0.6 is 0 Å². The fourth-order valence-corrected chi connectivity index (χ4v) is 1.42. The number of nitrogens with two attached hydrogens (primary N) is 1. The molecule has 5 heteroatoms. The zero-order chi connectivity index (χ0) is 12.4. The van der Waals surface area contributed by atoms with E-state index in [0.29, 0.717) is 5.82 Å². The maximum atomic E-state index is 11.7. The minimum Gasteiger partial charge on any atom is -0.366 e. The number of carbonyl (C=O) groups is 1. The van der Waals surface area contributed by atoms with Crippen LogP contribution in [-0.2, 0) is 0 Å². The van der Waals surface area contributed by atoms with E-state index >= 15 is 0 Å². The van der Waals surface area contributed by atoms with Gasteiger partial charge in [-0.15, -0.1) is 0 Å². The van der Waals surface area contributed by atoms with Gasteiger partial charge >= 0.3 is 0 Å².